The zero-order valence-electron chi connectivity index (χ0n) is 21.3. The first kappa shape index (κ1) is 33.7. The molecule has 0 aliphatic carbocycles. The van der Waals surface area contributed by atoms with Gasteiger partial charge in [-0.25, -0.2) is 10.1 Å². The van der Waals surface area contributed by atoms with Gasteiger partial charge in [0.05, 0.1) is 6.54 Å². The molecular formula is C23H40N6O8. The molecule has 0 saturated heterocycles. The fraction of sp³-hybridized carbons (Fsp3) is 0.609. The van der Waals surface area contributed by atoms with Crippen LogP contribution in [0, 0.1) is 0 Å². The molecule has 0 fully saturated rings. The fourth-order valence-corrected chi connectivity index (χ4v) is 2.74. The predicted molar refractivity (Wildman–Crippen MR) is 132 cm³/mol. The molecule has 14 heteroatoms. The number of carbonyl (C=O) groups excluding carboxylic acids is 5. The van der Waals surface area contributed by atoms with Crippen molar-refractivity contribution < 1.29 is 39.6 Å². The van der Waals surface area contributed by atoms with Crippen LogP contribution in [-0.2, 0) is 24.0 Å². The standard InChI is InChI=1S/C23H40N6O8/c1-19(30)27(35)16-6-2-4-14-25-20(31)9-11-22(33)28(36)17-7-3-5-15-26-21(32)10-12-23(34)29(37)18-8-13-24/h3,7-8,18,35-37H,2,4-6,9-17,24H2,1H3,(H,25,31)(H,26,32). The first-order chi connectivity index (χ1) is 17.6. The molecule has 0 aromatic carbocycles. The van der Waals surface area contributed by atoms with Gasteiger partial charge < -0.3 is 16.4 Å². The third kappa shape index (κ3) is 18.6. The molecule has 7 N–H and O–H groups in total. The molecule has 0 saturated carbocycles. The summed E-state index contributed by atoms with van der Waals surface area (Å²) in [7, 11) is 0. The van der Waals surface area contributed by atoms with Crippen molar-refractivity contribution in [1.82, 2.24) is 25.8 Å². The Morgan fingerprint density at radius 1 is 0.757 bits per heavy atom. The molecule has 0 aliphatic heterocycles. The second-order valence-electron chi connectivity index (χ2n) is 8.00. The van der Waals surface area contributed by atoms with Gasteiger partial charge in [-0.3, -0.25) is 39.6 Å². The van der Waals surface area contributed by atoms with Crippen molar-refractivity contribution in [3.63, 3.8) is 0 Å². The summed E-state index contributed by atoms with van der Waals surface area (Å²) in [5.41, 5.74) is 5.22. The van der Waals surface area contributed by atoms with E-state index in [9.17, 15) is 39.6 Å². The van der Waals surface area contributed by atoms with Crippen LogP contribution in [0.1, 0.15) is 58.3 Å². The summed E-state index contributed by atoms with van der Waals surface area (Å²) in [5.74, 6) is -2.35. The van der Waals surface area contributed by atoms with Crippen molar-refractivity contribution in [3.05, 3.63) is 24.4 Å². The topological polar surface area (TPSA) is 206 Å². The van der Waals surface area contributed by atoms with Gasteiger partial charge >= 0.3 is 0 Å². The number of amides is 5. The quantitative estimate of drug-likeness (QED) is 0.0578. The van der Waals surface area contributed by atoms with E-state index in [0.717, 1.165) is 6.20 Å². The summed E-state index contributed by atoms with van der Waals surface area (Å²) in [6, 6.07) is 0. The lowest BCUT2D eigenvalue weighted by Gasteiger charge is -2.13. The smallest absolute Gasteiger partial charge is 0.250 e. The minimum Gasteiger partial charge on any atom is -0.356 e. The number of nitrogens with zero attached hydrogens (tertiary/aromatic N) is 3. The predicted octanol–water partition coefficient (Wildman–Crippen LogP) is 0.0415. The second-order valence-corrected chi connectivity index (χ2v) is 8.00. The van der Waals surface area contributed by atoms with Gasteiger partial charge in [0, 0.05) is 65.0 Å². The lowest BCUT2D eigenvalue weighted by atomic mass is 10.2. The molecule has 0 atom stereocenters. The van der Waals surface area contributed by atoms with E-state index >= 15 is 0 Å². The van der Waals surface area contributed by atoms with Crippen LogP contribution in [0.4, 0.5) is 0 Å². The van der Waals surface area contributed by atoms with E-state index in [1.807, 2.05) is 0 Å². The van der Waals surface area contributed by atoms with Gasteiger partial charge in [-0.05, 0) is 25.7 Å². The molecule has 37 heavy (non-hydrogen) atoms. The summed E-state index contributed by atoms with van der Waals surface area (Å²) in [6.45, 7) is 2.27. The monoisotopic (exact) mass is 528 g/mol. The second kappa shape index (κ2) is 20.8. The molecule has 0 rings (SSSR count). The molecule has 0 spiro atoms. The Hall–Kier alpha value is -3.33. The van der Waals surface area contributed by atoms with Crippen molar-refractivity contribution in [2.45, 2.75) is 58.3 Å². The van der Waals surface area contributed by atoms with Crippen molar-refractivity contribution >= 4 is 29.5 Å². The van der Waals surface area contributed by atoms with Gasteiger partial charge in [0.1, 0.15) is 0 Å². The van der Waals surface area contributed by atoms with E-state index < -0.39 is 17.7 Å². The van der Waals surface area contributed by atoms with Crippen molar-refractivity contribution in [2.75, 3.05) is 32.7 Å². The van der Waals surface area contributed by atoms with Gasteiger partial charge in [0.15, 0.2) is 0 Å². The first-order valence-electron chi connectivity index (χ1n) is 12.1. The SMILES string of the molecule is CC(=O)N(O)CCCCCNC(=O)CCC(=O)N(O)CC=CCCNC(=O)CCC(=O)N(O)C=CCN. The minimum atomic E-state index is -0.637. The van der Waals surface area contributed by atoms with Crippen LogP contribution >= 0.6 is 0 Å². The Morgan fingerprint density at radius 2 is 1.38 bits per heavy atom. The highest BCUT2D eigenvalue weighted by molar-refractivity contribution is 5.84. The number of hydrogen-bond acceptors (Lipinski definition) is 9. The van der Waals surface area contributed by atoms with Gasteiger partial charge in [-0.15, -0.1) is 0 Å². The van der Waals surface area contributed by atoms with Gasteiger partial charge in [0.2, 0.25) is 23.6 Å². The molecule has 0 unspecified atom stereocenters. The molecule has 0 aromatic heterocycles. The van der Waals surface area contributed by atoms with Crippen LogP contribution in [-0.4, -0.2) is 93.1 Å². The number of nitrogens with one attached hydrogen (secondary N) is 2. The molecule has 0 bridgehead atoms. The van der Waals surface area contributed by atoms with Gasteiger partial charge in [-0.1, -0.05) is 18.2 Å². The summed E-state index contributed by atoms with van der Waals surface area (Å²) in [5, 5.41) is 35.2. The van der Waals surface area contributed by atoms with Gasteiger partial charge in [0.25, 0.3) is 5.91 Å². The summed E-state index contributed by atoms with van der Waals surface area (Å²) >= 11 is 0. The molecule has 14 nitrogen and oxygen atoms in total. The molecule has 0 aliphatic rings. The zero-order valence-corrected chi connectivity index (χ0v) is 21.3. The van der Waals surface area contributed by atoms with Crippen LogP contribution in [0.15, 0.2) is 24.4 Å². The van der Waals surface area contributed by atoms with Crippen LogP contribution in [0.5, 0.6) is 0 Å². The maximum Gasteiger partial charge on any atom is 0.250 e. The number of hydroxylamine groups is 6. The van der Waals surface area contributed by atoms with E-state index in [1.165, 1.54) is 13.0 Å². The maximum absolute atomic E-state index is 11.9. The number of hydrogen-bond donors (Lipinski definition) is 6. The number of unbranched alkanes of at least 4 members (excludes halogenated alkanes) is 2. The highest BCUT2D eigenvalue weighted by atomic mass is 16.5. The Kier molecular flexibility index (Phi) is 18.9. The van der Waals surface area contributed by atoms with E-state index in [-0.39, 0.29) is 63.7 Å². The van der Waals surface area contributed by atoms with Crippen LogP contribution in [0.3, 0.4) is 0 Å². The molecular weight excluding hydrogens is 488 g/mol. The molecule has 5 amide bonds. The number of carbonyl (C=O) groups is 5. The maximum atomic E-state index is 11.9. The van der Waals surface area contributed by atoms with E-state index in [1.54, 1.807) is 12.2 Å². The highest BCUT2D eigenvalue weighted by Crippen LogP contribution is 2.00. The van der Waals surface area contributed by atoms with Crippen molar-refractivity contribution in [1.29, 1.82) is 0 Å². The van der Waals surface area contributed by atoms with Crippen LogP contribution < -0.4 is 16.4 Å². The lowest BCUT2D eigenvalue weighted by Crippen LogP contribution is -2.30. The van der Waals surface area contributed by atoms with E-state index in [2.05, 4.69) is 10.6 Å². The number of nitrogens with two attached hydrogens (primary N) is 1. The first-order valence-corrected chi connectivity index (χ1v) is 12.1. The molecule has 0 heterocycles. The highest BCUT2D eigenvalue weighted by Gasteiger charge is 2.12. The average molecular weight is 529 g/mol. The minimum absolute atomic E-state index is 0.0692. The molecule has 0 radical (unpaired) electrons. The number of rotatable bonds is 19. The summed E-state index contributed by atoms with van der Waals surface area (Å²) in [4.78, 5) is 57.9. The Bertz CT molecular complexity index is 789. The largest absolute Gasteiger partial charge is 0.356 e. The van der Waals surface area contributed by atoms with Crippen molar-refractivity contribution in [2.24, 2.45) is 5.73 Å². The normalized spacial score (nSPS) is 10.9. The average Bonchev–Trinajstić information content (AvgIpc) is 2.87. The Morgan fingerprint density at radius 3 is 2.00 bits per heavy atom. The van der Waals surface area contributed by atoms with Crippen LogP contribution in [0.2, 0.25) is 0 Å². The van der Waals surface area contributed by atoms with E-state index in [0.29, 0.717) is 47.4 Å². The lowest BCUT2D eigenvalue weighted by molar-refractivity contribution is -0.163. The van der Waals surface area contributed by atoms with Crippen molar-refractivity contribution in [3.8, 4) is 0 Å². The fourth-order valence-electron chi connectivity index (χ4n) is 2.74. The molecule has 210 valence electrons. The zero-order chi connectivity index (χ0) is 28.1. The Labute approximate surface area is 216 Å². The summed E-state index contributed by atoms with van der Waals surface area (Å²) in [6.07, 6.45) is 7.62. The van der Waals surface area contributed by atoms with E-state index in [4.69, 9.17) is 5.73 Å². The van der Waals surface area contributed by atoms with Crippen LogP contribution in [0.25, 0.3) is 0 Å². The third-order valence-corrected chi connectivity index (χ3v) is 4.87. The third-order valence-electron chi connectivity index (χ3n) is 4.87. The Balaban J connectivity index is 3.87. The van der Waals surface area contributed by atoms with Gasteiger partial charge in [-0.2, -0.15) is 5.06 Å². The summed E-state index contributed by atoms with van der Waals surface area (Å²) < 4.78 is 0. The molecule has 0 aromatic rings.